The number of fused-ring (bicyclic) bond motifs is 1. The van der Waals surface area contributed by atoms with E-state index in [4.69, 9.17) is 0 Å². The molecule has 3 heterocycles. The van der Waals surface area contributed by atoms with Gasteiger partial charge in [0, 0.05) is 16.2 Å². The second-order valence-corrected chi connectivity index (χ2v) is 9.29. The van der Waals surface area contributed by atoms with E-state index in [0.717, 1.165) is 52.1 Å². The highest BCUT2D eigenvalue weighted by Crippen LogP contribution is 2.40. The second-order valence-electron chi connectivity index (χ2n) is 7.16. The van der Waals surface area contributed by atoms with Gasteiger partial charge in [-0.15, -0.1) is 22.7 Å². The molecule has 1 aliphatic rings. The van der Waals surface area contributed by atoms with Gasteiger partial charge in [-0.05, 0) is 57.2 Å². The van der Waals surface area contributed by atoms with E-state index >= 15 is 0 Å². The quantitative estimate of drug-likeness (QED) is 0.627. The number of aromatic nitrogens is 2. The standard InChI is InChI=1S/C20H22N4O2S2/c1-5-13-9(2)8-14(27-13)18(25)23-24-19(26)16-10(3)15-11(4)21-17(12-6-7-12)22-20(15)28-16/h8,12H,5-7H2,1-4H3,(H,23,25)(H,24,26). The monoisotopic (exact) mass is 414 g/mol. The highest BCUT2D eigenvalue weighted by molar-refractivity contribution is 7.20. The molecule has 28 heavy (non-hydrogen) atoms. The molecular weight excluding hydrogens is 392 g/mol. The van der Waals surface area contributed by atoms with Crippen molar-refractivity contribution < 1.29 is 9.59 Å². The van der Waals surface area contributed by atoms with E-state index in [1.165, 1.54) is 27.6 Å². The molecule has 2 amide bonds. The van der Waals surface area contributed by atoms with E-state index in [1.807, 2.05) is 26.8 Å². The fraction of sp³-hybridized carbons (Fsp3) is 0.400. The molecule has 2 N–H and O–H groups in total. The summed E-state index contributed by atoms with van der Waals surface area (Å²) in [5.74, 6) is 0.716. The molecule has 0 atom stereocenters. The first-order valence-electron chi connectivity index (χ1n) is 9.36. The van der Waals surface area contributed by atoms with Gasteiger partial charge in [-0.1, -0.05) is 6.92 Å². The summed E-state index contributed by atoms with van der Waals surface area (Å²) < 4.78 is 0. The van der Waals surface area contributed by atoms with Crippen LogP contribution >= 0.6 is 22.7 Å². The van der Waals surface area contributed by atoms with E-state index in [-0.39, 0.29) is 11.8 Å². The van der Waals surface area contributed by atoms with Crippen molar-refractivity contribution in [3.05, 3.63) is 43.3 Å². The van der Waals surface area contributed by atoms with Crippen molar-refractivity contribution in [1.29, 1.82) is 0 Å². The lowest BCUT2D eigenvalue weighted by atomic mass is 10.1. The number of hydrogen-bond acceptors (Lipinski definition) is 6. The van der Waals surface area contributed by atoms with E-state index in [1.54, 1.807) is 0 Å². The van der Waals surface area contributed by atoms with Gasteiger partial charge in [-0.25, -0.2) is 9.97 Å². The summed E-state index contributed by atoms with van der Waals surface area (Å²) in [7, 11) is 0. The van der Waals surface area contributed by atoms with Crippen molar-refractivity contribution in [2.75, 3.05) is 0 Å². The van der Waals surface area contributed by atoms with Crippen LogP contribution in [-0.2, 0) is 6.42 Å². The predicted molar refractivity (Wildman–Crippen MR) is 112 cm³/mol. The number of hydrogen-bond donors (Lipinski definition) is 2. The third-order valence-corrected chi connectivity index (χ3v) is 7.56. The number of aryl methyl sites for hydroxylation is 4. The number of carbonyl (C=O) groups excluding carboxylic acids is 2. The van der Waals surface area contributed by atoms with Crippen molar-refractivity contribution in [2.24, 2.45) is 0 Å². The third kappa shape index (κ3) is 3.42. The fourth-order valence-corrected chi connectivity index (χ4v) is 5.46. The van der Waals surface area contributed by atoms with Crippen LogP contribution in [-0.4, -0.2) is 21.8 Å². The van der Waals surface area contributed by atoms with Gasteiger partial charge >= 0.3 is 0 Å². The first kappa shape index (κ1) is 19.0. The summed E-state index contributed by atoms with van der Waals surface area (Å²) in [5, 5.41) is 0.937. The van der Waals surface area contributed by atoms with E-state index in [0.29, 0.717) is 15.7 Å². The van der Waals surface area contributed by atoms with Gasteiger partial charge < -0.3 is 0 Å². The zero-order chi connectivity index (χ0) is 20.0. The van der Waals surface area contributed by atoms with E-state index in [2.05, 4.69) is 27.7 Å². The minimum absolute atomic E-state index is 0.299. The molecule has 0 spiro atoms. The maximum absolute atomic E-state index is 12.7. The third-order valence-electron chi connectivity index (χ3n) is 4.99. The first-order valence-corrected chi connectivity index (χ1v) is 11.0. The molecule has 0 unspecified atom stereocenters. The number of nitrogens with zero attached hydrogens (tertiary/aromatic N) is 2. The van der Waals surface area contributed by atoms with Crippen LogP contribution in [0.1, 0.15) is 72.5 Å². The van der Waals surface area contributed by atoms with Gasteiger partial charge in [0.05, 0.1) is 15.4 Å². The number of carbonyl (C=O) groups is 2. The predicted octanol–water partition coefficient (Wildman–Crippen LogP) is 4.19. The molecular formula is C20H22N4O2S2. The molecule has 1 fully saturated rings. The van der Waals surface area contributed by atoms with Crippen molar-refractivity contribution in [3.63, 3.8) is 0 Å². The van der Waals surface area contributed by atoms with E-state index < -0.39 is 0 Å². The van der Waals surface area contributed by atoms with Gasteiger partial charge in [0.25, 0.3) is 11.8 Å². The molecule has 0 radical (unpaired) electrons. The van der Waals surface area contributed by atoms with Gasteiger partial charge in [0.15, 0.2) is 0 Å². The smallest absolute Gasteiger partial charge is 0.266 e. The molecule has 0 bridgehead atoms. The number of nitrogens with one attached hydrogen (secondary N) is 2. The van der Waals surface area contributed by atoms with Crippen LogP contribution in [0.25, 0.3) is 10.2 Å². The highest BCUT2D eigenvalue weighted by atomic mass is 32.1. The van der Waals surface area contributed by atoms with Crippen molar-refractivity contribution in [1.82, 2.24) is 20.8 Å². The van der Waals surface area contributed by atoms with Crippen LogP contribution in [0.15, 0.2) is 6.07 Å². The molecule has 3 aromatic rings. The number of amides is 2. The topological polar surface area (TPSA) is 84.0 Å². The Labute approximate surface area is 171 Å². The lowest BCUT2D eigenvalue weighted by Crippen LogP contribution is -2.41. The van der Waals surface area contributed by atoms with Gasteiger partial charge in [-0.2, -0.15) is 0 Å². The molecule has 1 saturated carbocycles. The molecule has 0 aromatic carbocycles. The summed E-state index contributed by atoms with van der Waals surface area (Å²) in [6, 6.07) is 1.86. The van der Waals surface area contributed by atoms with Crippen LogP contribution in [0.2, 0.25) is 0 Å². The SMILES string of the molecule is CCc1sc(C(=O)NNC(=O)c2sc3nc(C4CC4)nc(C)c3c2C)cc1C. The maximum atomic E-state index is 12.7. The molecule has 1 aliphatic carbocycles. The number of hydrazine groups is 1. The minimum atomic E-state index is -0.329. The lowest BCUT2D eigenvalue weighted by Gasteiger charge is -2.05. The van der Waals surface area contributed by atoms with Crippen molar-refractivity contribution in [2.45, 2.75) is 52.9 Å². The van der Waals surface area contributed by atoms with Crippen LogP contribution in [0.4, 0.5) is 0 Å². The Morgan fingerprint density at radius 3 is 2.46 bits per heavy atom. The average Bonchev–Trinajstić information content (AvgIpc) is 3.37. The van der Waals surface area contributed by atoms with E-state index in [9.17, 15) is 9.59 Å². The molecule has 146 valence electrons. The minimum Gasteiger partial charge on any atom is -0.266 e. The molecule has 0 aliphatic heterocycles. The zero-order valence-electron chi connectivity index (χ0n) is 16.3. The fourth-order valence-electron chi connectivity index (χ4n) is 3.32. The summed E-state index contributed by atoms with van der Waals surface area (Å²) >= 11 is 2.81. The second kappa shape index (κ2) is 7.25. The Morgan fingerprint density at radius 1 is 1.11 bits per heavy atom. The summed E-state index contributed by atoms with van der Waals surface area (Å²) in [6.07, 6.45) is 3.16. The maximum Gasteiger partial charge on any atom is 0.280 e. The largest absolute Gasteiger partial charge is 0.280 e. The molecule has 6 nitrogen and oxygen atoms in total. The Hall–Kier alpha value is -2.32. The molecule has 4 rings (SSSR count). The summed E-state index contributed by atoms with van der Waals surface area (Å²) in [6.45, 7) is 7.92. The zero-order valence-corrected chi connectivity index (χ0v) is 17.9. The lowest BCUT2D eigenvalue weighted by molar-refractivity contribution is 0.0851. The van der Waals surface area contributed by atoms with Crippen molar-refractivity contribution >= 4 is 44.7 Å². The van der Waals surface area contributed by atoms with Gasteiger partial charge in [0.1, 0.15) is 10.7 Å². The number of rotatable bonds is 4. The van der Waals surface area contributed by atoms with Crippen LogP contribution < -0.4 is 10.9 Å². The first-order chi connectivity index (χ1) is 13.4. The Balaban J connectivity index is 1.52. The Bertz CT molecular complexity index is 1100. The molecule has 8 heteroatoms. The van der Waals surface area contributed by atoms with Crippen LogP contribution in [0, 0.1) is 20.8 Å². The summed E-state index contributed by atoms with van der Waals surface area (Å²) in [5.41, 5.74) is 7.94. The molecule has 3 aromatic heterocycles. The van der Waals surface area contributed by atoms with Crippen LogP contribution in [0.5, 0.6) is 0 Å². The Kier molecular flexibility index (Phi) is 4.93. The van der Waals surface area contributed by atoms with Crippen molar-refractivity contribution in [3.8, 4) is 0 Å². The average molecular weight is 415 g/mol. The van der Waals surface area contributed by atoms with Gasteiger partial charge in [0.2, 0.25) is 0 Å². The normalized spacial score (nSPS) is 13.7. The summed E-state index contributed by atoms with van der Waals surface area (Å²) in [4.78, 5) is 37.5. The molecule has 0 saturated heterocycles. The highest BCUT2D eigenvalue weighted by Gasteiger charge is 2.28. The number of thiophene rings is 2. The van der Waals surface area contributed by atoms with Crippen LogP contribution in [0.3, 0.4) is 0 Å². The van der Waals surface area contributed by atoms with Gasteiger partial charge in [-0.3, -0.25) is 20.4 Å². The Morgan fingerprint density at radius 2 is 1.82 bits per heavy atom.